The topological polar surface area (TPSA) is 119 Å². The Kier molecular flexibility index (Phi) is 4.47. The van der Waals surface area contributed by atoms with Gasteiger partial charge in [-0.3, -0.25) is 14.7 Å². The van der Waals surface area contributed by atoms with E-state index in [-0.39, 0.29) is 16.9 Å². The van der Waals surface area contributed by atoms with Crippen molar-refractivity contribution in [3.05, 3.63) is 76.9 Å². The van der Waals surface area contributed by atoms with Crippen LogP contribution in [0.4, 0.5) is 5.82 Å². The molecule has 0 saturated heterocycles. The van der Waals surface area contributed by atoms with Crippen LogP contribution in [0.1, 0.15) is 10.4 Å². The first-order chi connectivity index (χ1) is 13.6. The number of benzene rings is 2. The molecule has 0 atom stereocenters. The molecule has 0 unspecified atom stereocenters. The summed E-state index contributed by atoms with van der Waals surface area (Å²) in [5, 5.41) is 5.26. The van der Waals surface area contributed by atoms with E-state index in [1.807, 2.05) is 6.07 Å². The SMILES string of the molecule is O=C(COC(=O)c1ccc2ocnc2c1)Nc1cc(=O)n(-c2ccccc2)[nH]1. The summed E-state index contributed by atoms with van der Waals surface area (Å²) in [6.45, 7) is -0.506. The van der Waals surface area contributed by atoms with Crippen molar-refractivity contribution in [1.29, 1.82) is 0 Å². The number of anilines is 1. The van der Waals surface area contributed by atoms with Crippen molar-refractivity contribution in [3.63, 3.8) is 0 Å². The number of rotatable bonds is 5. The molecule has 0 aliphatic rings. The molecular weight excluding hydrogens is 364 g/mol. The fourth-order valence-electron chi connectivity index (χ4n) is 2.61. The van der Waals surface area contributed by atoms with E-state index >= 15 is 0 Å². The molecule has 140 valence electrons. The molecule has 0 fully saturated rings. The number of esters is 1. The van der Waals surface area contributed by atoms with Crippen LogP contribution < -0.4 is 10.9 Å². The molecule has 2 heterocycles. The number of oxazole rings is 1. The predicted molar refractivity (Wildman–Crippen MR) is 99.3 cm³/mol. The maximum absolute atomic E-state index is 12.1. The quantitative estimate of drug-likeness (QED) is 0.513. The van der Waals surface area contributed by atoms with Crippen LogP contribution >= 0.6 is 0 Å². The Hall–Kier alpha value is -4.14. The molecule has 28 heavy (non-hydrogen) atoms. The highest BCUT2D eigenvalue weighted by atomic mass is 16.5. The molecule has 2 N–H and O–H groups in total. The molecule has 1 amide bonds. The van der Waals surface area contributed by atoms with Crippen molar-refractivity contribution in [2.75, 3.05) is 11.9 Å². The molecule has 2 aromatic heterocycles. The second-order valence-corrected chi connectivity index (χ2v) is 5.84. The number of hydrogen-bond acceptors (Lipinski definition) is 6. The first kappa shape index (κ1) is 17.3. The summed E-state index contributed by atoms with van der Waals surface area (Å²) in [7, 11) is 0. The minimum Gasteiger partial charge on any atom is -0.452 e. The van der Waals surface area contributed by atoms with Crippen LogP contribution in [0.2, 0.25) is 0 Å². The van der Waals surface area contributed by atoms with Gasteiger partial charge in [0.25, 0.3) is 11.5 Å². The Labute approximate surface area is 157 Å². The van der Waals surface area contributed by atoms with Crippen LogP contribution in [0.25, 0.3) is 16.8 Å². The Morgan fingerprint density at radius 1 is 1.14 bits per heavy atom. The number of nitrogens with one attached hydrogen (secondary N) is 2. The maximum atomic E-state index is 12.1. The van der Waals surface area contributed by atoms with Crippen LogP contribution in [0.3, 0.4) is 0 Å². The van der Waals surface area contributed by atoms with Crippen molar-refractivity contribution in [2.24, 2.45) is 0 Å². The number of hydrogen-bond donors (Lipinski definition) is 2. The second kappa shape index (κ2) is 7.23. The van der Waals surface area contributed by atoms with Crippen LogP contribution in [-0.2, 0) is 9.53 Å². The zero-order valence-corrected chi connectivity index (χ0v) is 14.4. The number of para-hydroxylation sites is 1. The first-order valence-electron chi connectivity index (χ1n) is 8.28. The molecular formula is C19H14N4O5. The number of fused-ring (bicyclic) bond motifs is 1. The monoisotopic (exact) mass is 378 g/mol. The smallest absolute Gasteiger partial charge is 0.338 e. The van der Waals surface area contributed by atoms with Crippen molar-refractivity contribution in [2.45, 2.75) is 0 Å². The van der Waals surface area contributed by atoms with Crippen molar-refractivity contribution in [3.8, 4) is 5.69 Å². The number of carbonyl (C=O) groups excluding carboxylic acids is 2. The van der Waals surface area contributed by atoms with Gasteiger partial charge in [0.2, 0.25) is 0 Å². The van der Waals surface area contributed by atoms with Gasteiger partial charge >= 0.3 is 5.97 Å². The van der Waals surface area contributed by atoms with Crippen LogP contribution in [-0.4, -0.2) is 33.2 Å². The second-order valence-electron chi connectivity index (χ2n) is 5.84. The molecule has 4 rings (SSSR count). The minimum atomic E-state index is -0.671. The lowest BCUT2D eigenvalue weighted by atomic mass is 10.2. The molecule has 0 bridgehead atoms. The van der Waals surface area contributed by atoms with Crippen LogP contribution in [0.5, 0.6) is 0 Å². The summed E-state index contributed by atoms with van der Waals surface area (Å²) < 4.78 is 11.4. The summed E-state index contributed by atoms with van der Waals surface area (Å²) in [6, 6.07) is 14.8. The third-order valence-electron chi connectivity index (χ3n) is 3.91. The number of H-pyrrole nitrogens is 1. The van der Waals surface area contributed by atoms with E-state index in [0.717, 1.165) is 0 Å². The van der Waals surface area contributed by atoms with Crippen molar-refractivity contribution >= 4 is 28.8 Å². The fourth-order valence-corrected chi connectivity index (χ4v) is 2.61. The molecule has 0 radical (unpaired) electrons. The van der Waals surface area contributed by atoms with E-state index in [0.29, 0.717) is 16.8 Å². The average molecular weight is 378 g/mol. The molecule has 0 aliphatic heterocycles. The number of amides is 1. The average Bonchev–Trinajstić information content (AvgIpc) is 3.32. The molecule has 4 aromatic rings. The van der Waals surface area contributed by atoms with Gasteiger partial charge in [-0.2, -0.15) is 0 Å². The standard InChI is InChI=1S/C19H14N4O5/c24-17(10-27-19(26)12-6-7-15-14(8-12)20-11-28-15)21-16-9-18(25)23(22-16)13-4-2-1-3-5-13/h1-9,11,22H,10H2,(H,21,24). The number of aromatic nitrogens is 3. The predicted octanol–water partition coefficient (Wildman–Crippen LogP) is 2.10. The van der Waals surface area contributed by atoms with Gasteiger partial charge in [-0.25, -0.2) is 14.5 Å². The Morgan fingerprint density at radius 3 is 2.79 bits per heavy atom. The lowest BCUT2D eigenvalue weighted by Gasteiger charge is -2.05. The fraction of sp³-hybridized carbons (Fsp3) is 0.0526. The van der Waals surface area contributed by atoms with Gasteiger partial charge in [-0.15, -0.1) is 0 Å². The van der Waals surface area contributed by atoms with Gasteiger partial charge < -0.3 is 14.5 Å². The lowest BCUT2D eigenvalue weighted by Crippen LogP contribution is -2.21. The van der Waals surface area contributed by atoms with Gasteiger partial charge in [0.05, 0.1) is 11.3 Å². The zero-order valence-electron chi connectivity index (χ0n) is 14.4. The van der Waals surface area contributed by atoms with Gasteiger partial charge in [0, 0.05) is 6.07 Å². The number of aromatic amines is 1. The van der Waals surface area contributed by atoms with Crippen LogP contribution in [0.15, 0.2) is 70.2 Å². The molecule has 9 nitrogen and oxygen atoms in total. The molecule has 9 heteroatoms. The highest BCUT2D eigenvalue weighted by molar-refractivity contribution is 5.96. The number of ether oxygens (including phenoxy) is 1. The van der Waals surface area contributed by atoms with E-state index in [1.54, 1.807) is 30.3 Å². The van der Waals surface area contributed by atoms with Gasteiger partial charge in [-0.05, 0) is 30.3 Å². The summed E-state index contributed by atoms with van der Waals surface area (Å²) in [4.78, 5) is 40.1. The zero-order chi connectivity index (χ0) is 19.5. The third-order valence-corrected chi connectivity index (χ3v) is 3.91. The van der Waals surface area contributed by atoms with Gasteiger partial charge in [-0.1, -0.05) is 18.2 Å². The molecule has 0 saturated carbocycles. The minimum absolute atomic E-state index is 0.193. The van der Waals surface area contributed by atoms with E-state index in [1.165, 1.54) is 29.3 Å². The lowest BCUT2D eigenvalue weighted by molar-refractivity contribution is -0.119. The summed E-state index contributed by atoms with van der Waals surface area (Å²) >= 11 is 0. The van der Waals surface area contributed by atoms with E-state index in [9.17, 15) is 14.4 Å². The van der Waals surface area contributed by atoms with E-state index in [4.69, 9.17) is 9.15 Å². The Bertz CT molecular complexity index is 1210. The first-order valence-corrected chi connectivity index (χ1v) is 8.28. The van der Waals surface area contributed by atoms with E-state index in [2.05, 4.69) is 15.4 Å². The van der Waals surface area contributed by atoms with Crippen molar-refractivity contribution in [1.82, 2.24) is 14.8 Å². The molecule has 0 aliphatic carbocycles. The highest BCUT2D eigenvalue weighted by Gasteiger charge is 2.13. The third kappa shape index (κ3) is 3.54. The largest absolute Gasteiger partial charge is 0.452 e. The normalized spacial score (nSPS) is 10.7. The molecule has 2 aromatic carbocycles. The summed E-state index contributed by atoms with van der Waals surface area (Å²) in [5.41, 5.74) is 1.60. The summed E-state index contributed by atoms with van der Waals surface area (Å²) in [6.07, 6.45) is 1.27. The van der Waals surface area contributed by atoms with Gasteiger partial charge in [0.15, 0.2) is 18.6 Å². The number of nitrogens with zero attached hydrogens (tertiary/aromatic N) is 2. The van der Waals surface area contributed by atoms with Crippen molar-refractivity contribution < 1.29 is 18.7 Å². The summed E-state index contributed by atoms with van der Waals surface area (Å²) in [5.74, 6) is -1.06. The number of carbonyl (C=O) groups is 2. The van der Waals surface area contributed by atoms with Crippen LogP contribution in [0, 0.1) is 0 Å². The van der Waals surface area contributed by atoms with E-state index < -0.39 is 18.5 Å². The highest BCUT2D eigenvalue weighted by Crippen LogP contribution is 2.15. The Balaban J connectivity index is 1.38. The Morgan fingerprint density at radius 2 is 1.96 bits per heavy atom. The van der Waals surface area contributed by atoms with Gasteiger partial charge in [0.1, 0.15) is 11.3 Å². The molecule has 0 spiro atoms. The maximum Gasteiger partial charge on any atom is 0.338 e.